The number of hydrogen-bond donors (Lipinski definition) is 0. The molecular formula is C42H53ClNO2PPd. The van der Waals surface area contributed by atoms with Crippen molar-refractivity contribution < 1.29 is 42.3 Å². The van der Waals surface area contributed by atoms with Gasteiger partial charge in [-0.3, -0.25) is 0 Å². The second-order valence-electron chi connectivity index (χ2n) is 13.5. The molecule has 2 fully saturated rings. The maximum atomic E-state index is 7.69. The van der Waals surface area contributed by atoms with Gasteiger partial charge in [0.1, 0.15) is 16.8 Å². The van der Waals surface area contributed by atoms with Crippen molar-refractivity contribution in [3.63, 3.8) is 0 Å². The topological polar surface area (TPSA) is 42.3 Å². The maximum Gasteiger partial charge on any atom is 2.00 e. The molecule has 2 aliphatic rings. The van der Waals surface area contributed by atoms with E-state index in [1.807, 2.05) is 42.5 Å². The van der Waals surface area contributed by atoms with Crippen molar-refractivity contribution in [3.05, 3.63) is 103 Å². The molecule has 1 N–H and O–H groups in total. The second-order valence-corrected chi connectivity index (χ2v) is 16.5. The average Bonchev–Trinajstić information content (AvgIpc) is 3.07. The standard InChI is InChI=1S/C30H43O2P.C12H9N.ClH.Pd/c1-22(2)31-27-19-13-20-28(32-23(3)4)30(27)26-18-11-12-21-29(26)33(24-14-7-5-8-15-24)25-16-9-6-10-17-25;13-12-9-5-4-8-11(12)10-6-2-1-3-7-10;;/h11-13,18-25H,5-10,14-17H2,1-4H3;1-6,8-9,13H;1H;/q;-2;;+2. The summed E-state index contributed by atoms with van der Waals surface area (Å²) in [5, 5.41) is 1.63. The minimum absolute atomic E-state index is 0. The largest absolute Gasteiger partial charge is 2.00 e. The number of nitrogens with one attached hydrogen (secondary N) is 1. The Balaban J connectivity index is 0.000000350. The fourth-order valence-corrected chi connectivity index (χ4v) is 11.7. The van der Waals surface area contributed by atoms with Gasteiger partial charge < -0.3 is 27.6 Å². The molecule has 0 radical (unpaired) electrons. The summed E-state index contributed by atoms with van der Waals surface area (Å²) >= 11 is 0. The molecular weight excluding hydrogens is 723 g/mol. The summed E-state index contributed by atoms with van der Waals surface area (Å²) in [5.41, 5.74) is 14.5. The van der Waals surface area contributed by atoms with Crippen LogP contribution in [0.4, 0.5) is 5.69 Å². The molecule has 2 aliphatic carbocycles. The Hall–Kier alpha value is -2.34. The van der Waals surface area contributed by atoms with Crippen LogP contribution < -0.4 is 27.2 Å². The van der Waals surface area contributed by atoms with Crippen LogP contribution in [-0.4, -0.2) is 23.5 Å². The minimum atomic E-state index is -0.700. The SMILES string of the molecule is CC(C)Oc1cccc(OC(C)C)c1-c1ccccc1[PH+](C1CCCCC1)C1CCCCC1.[Cl-].[NH-]c1ccccc1-c1[c-]cccc1.[Pd+2]. The van der Waals surface area contributed by atoms with E-state index in [-0.39, 0.29) is 45.0 Å². The third-order valence-electron chi connectivity index (χ3n) is 9.24. The summed E-state index contributed by atoms with van der Waals surface area (Å²) < 4.78 is 12.8. The second kappa shape index (κ2) is 20.4. The minimum Gasteiger partial charge on any atom is -1.00 e. The zero-order valence-corrected chi connectivity index (χ0v) is 32.4. The smallest absolute Gasteiger partial charge is 1.00 e. The van der Waals surface area contributed by atoms with Gasteiger partial charge >= 0.3 is 20.4 Å². The molecule has 6 rings (SSSR count). The van der Waals surface area contributed by atoms with Gasteiger partial charge in [0.25, 0.3) is 0 Å². The zero-order chi connectivity index (χ0) is 32.3. The molecule has 0 amide bonds. The van der Waals surface area contributed by atoms with Crippen molar-refractivity contribution >= 4 is 18.9 Å². The van der Waals surface area contributed by atoms with Crippen molar-refractivity contribution in [2.24, 2.45) is 0 Å². The first-order chi connectivity index (χ1) is 22.4. The zero-order valence-electron chi connectivity index (χ0n) is 29.1. The van der Waals surface area contributed by atoms with Crippen molar-refractivity contribution in [1.29, 1.82) is 0 Å². The summed E-state index contributed by atoms with van der Waals surface area (Å²) in [5.74, 6) is 1.92. The number of rotatable bonds is 9. The Labute approximate surface area is 311 Å². The molecule has 260 valence electrons. The van der Waals surface area contributed by atoms with Gasteiger partial charge in [0.15, 0.2) is 0 Å². The predicted molar refractivity (Wildman–Crippen MR) is 200 cm³/mol. The predicted octanol–water partition coefficient (Wildman–Crippen LogP) is 9.27. The van der Waals surface area contributed by atoms with E-state index in [1.54, 1.807) is 11.4 Å². The Bertz CT molecular complexity index is 1460. The van der Waals surface area contributed by atoms with Crippen LogP contribution in [-0.2, 0) is 20.4 Å². The van der Waals surface area contributed by atoms with Gasteiger partial charge in [0.2, 0.25) is 0 Å². The molecule has 48 heavy (non-hydrogen) atoms. The molecule has 3 nitrogen and oxygen atoms in total. The molecule has 4 aromatic rings. The number of benzene rings is 4. The van der Waals surface area contributed by atoms with Gasteiger partial charge in [-0.2, -0.15) is 5.69 Å². The Morgan fingerprint density at radius 1 is 0.625 bits per heavy atom. The molecule has 0 aromatic heterocycles. The van der Waals surface area contributed by atoms with E-state index >= 15 is 0 Å². The third kappa shape index (κ3) is 10.8. The summed E-state index contributed by atoms with van der Waals surface area (Å²) in [6.07, 6.45) is 14.5. The number of hydrogen-bond acceptors (Lipinski definition) is 2. The maximum absolute atomic E-state index is 7.69. The molecule has 0 spiro atoms. The van der Waals surface area contributed by atoms with Gasteiger partial charge in [-0.15, -0.1) is 41.5 Å². The molecule has 6 heteroatoms. The monoisotopic (exact) mass is 775 g/mol. The van der Waals surface area contributed by atoms with Gasteiger partial charge in [0.05, 0.1) is 29.1 Å². The molecule has 0 aliphatic heterocycles. The van der Waals surface area contributed by atoms with E-state index in [9.17, 15) is 0 Å². The van der Waals surface area contributed by atoms with Gasteiger partial charge in [-0.25, -0.2) is 0 Å². The number of ether oxygens (including phenoxy) is 2. The first kappa shape index (κ1) is 40.1. The van der Waals surface area contributed by atoms with E-state index in [1.165, 1.54) is 75.3 Å². The van der Waals surface area contributed by atoms with E-state index in [4.69, 9.17) is 15.2 Å². The Kier molecular flexibility index (Phi) is 17.0. The first-order valence-electron chi connectivity index (χ1n) is 17.6. The normalized spacial score (nSPS) is 15.2. The van der Waals surface area contributed by atoms with E-state index in [2.05, 4.69) is 76.2 Å². The van der Waals surface area contributed by atoms with Crippen molar-refractivity contribution in [3.8, 4) is 33.8 Å². The van der Waals surface area contributed by atoms with Crippen LogP contribution in [0.5, 0.6) is 11.5 Å². The van der Waals surface area contributed by atoms with Crippen LogP contribution in [0.15, 0.2) is 91.0 Å². The molecule has 4 aromatic carbocycles. The van der Waals surface area contributed by atoms with Crippen LogP contribution in [0.3, 0.4) is 0 Å². The Morgan fingerprint density at radius 3 is 1.62 bits per heavy atom. The third-order valence-corrected chi connectivity index (χ3v) is 13.2. The van der Waals surface area contributed by atoms with Crippen molar-refractivity contribution in [1.82, 2.24) is 0 Å². The van der Waals surface area contributed by atoms with Crippen LogP contribution in [0, 0.1) is 6.07 Å². The molecule has 2 saturated carbocycles. The summed E-state index contributed by atoms with van der Waals surface area (Å²) in [7, 11) is -0.700. The fraction of sp³-hybridized carbons (Fsp3) is 0.429. The first-order valence-corrected chi connectivity index (χ1v) is 19.3. The molecule has 0 heterocycles. The van der Waals surface area contributed by atoms with Crippen LogP contribution in [0.25, 0.3) is 28.0 Å². The average molecular weight is 777 g/mol. The summed E-state index contributed by atoms with van der Waals surface area (Å²) in [4.78, 5) is 0. The van der Waals surface area contributed by atoms with Crippen molar-refractivity contribution in [2.45, 2.75) is 115 Å². The van der Waals surface area contributed by atoms with E-state index in [0.29, 0.717) is 5.69 Å². The van der Waals surface area contributed by atoms with Crippen LogP contribution in [0.2, 0.25) is 0 Å². The quantitative estimate of drug-likeness (QED) is 0.0967. The molecule has 0 unspecified atom stereocenters. The van der Waals surface area contributed by atoms with Crippen LogP contribution in [0.1, 0.15) is 91.9 Å². The molecule has 0 bridgehead atoms. The van der Waals surface area contributed by atoms with Gasteiger partial charge in [-0.05, 0) is 97.3 Å². The molecule has 0 saturated heterocycles. The Morgan fingerprint density at radius 2 is 1.12 bits per heavy atom. The van der Waals surface area contributed by atoms with E-state index in [0.717, 1.165) is 33.9 Å². The van der Waals surface area contributed by atoms with Gasteiger partial charge in [-0.1, -0.05) is 61.4 Å². The summed E-state index contributed by atoms with van der Waals surface area (Å²) in [6.45, 7) is 8.46. The van der Waals surface area contributed by atoms with E-state index < -0.39 is 7.92 Å². The van der Waals surface area contributed by atoms with Gasteiger partial charge in [0, 0.05) is 13.5 Å². The summed E-state index contributed by atoms with van der Waals surface area (Å²) in [6, 6.07) is 34.0. The van der Waals surface area contributed by atoms with Crippen LogP contribution >= 0.6 is 7.92 Å². The number of halogens is 1. The molecule has 0 atom stereocenters. The van der Waals surface area contributed by atoms with Crippen molar-refractivity contribution in [2.75, 3.05) is 0 Å². The fourth-order valence-electron chi connectivity index (χ4n) is 7.31.